The number of ether oxygens (including phenoxy) is 1. The Morgan fingerprint density at radius 1 is 1.14 bits per heavy atom. The van der Waals surface area contributed by atoms with Crippen molar-refractivity contribution in [3.05, 3.63) is 35.9 Å². The van der Waals surface area contributed by atoms with E-state index in [0.717, 1.165) is 44.5 Å². The molecule has 1 aliphatic carbocycles. The Morgan fingerprint density at radius 3 is 2.46 bits per heavy atom. The van der Waals surface area contributed by atoms with Gasteiger partial charge in [0, 0.05) is 44.4 Å². The number of hydrogen-bond acceptors (Lipinski definition) is 3. The SMILES string of the molecule is CN=C(NCC1(NC(C)c2ccccc2)CCOCC1)NC1CCC(C)CC1. The summed E-state index contributed by atoms with van der Waals surface area (Å²) in [5, 5.41) is 11.2. The highest BCUT2D eigenvalue weighted by Gasteiger charge is 2.34. The zero-order chi connectivity index (χ0) is 19.8. The average Bonchev–Trinajstić information content (AvgIpc) is 2.74. The maximum atomic E-state index is 5.66. The molecule has 5 nitrogen and oxygen atoms in total. The molecule has 5 heteroatoms. The van der Waals surface area contributed by atoms with Gasteiger partial charge in [0.05, 0.1) is 0 Å². The lowest BCUT2D eigenvalue weighted by atomic mass is 9.87. The van der Waals surface area contributed by atoms with Crippen LogP contribution in [0.3, 0.4) is 0 Å². The van der Waals surface area contributed by atoms with E-state index in [1.54, 1.807) is 0 Å². The van der Waals surface area contributed by atoms with Gasteiger partial charge in [0.25, 0.3) is 0 Å². The number of nitrogens with zero attached hydrogens (tertiary/aromatic N) is 1. The third-order valence-electron chi connectivity index (χ3n) is 6.45. The van der Waals surface area contributed by atoms with Crippen molar-refractivity contribution in [2.24, 2.45) is 10.9 Å². The largest absolute Gasteiger partial charge is 0.381 e. The second kappa shape index (κ2) is 10.3. The van der Waals surface area contributed by atoms with Gasteiger partial charge in [0.1, 0.15) is 0 Å². The van der Waals surface area contributed by atoms with E-state index in [-0.39, 0.29) is 5.54 Å². The van der Waals surface area contributed by atoms with E-state index in [2.05, 4.69) is 65.1 Å². The highest BCUT2D eigenvalue weighted by atomic mass is 16.5. The molecular weight excluding hydrogens is 348 g/mol. The fourth-order valence-electron chi connectivity index (χ4n) is 4.46. The van der Waals surface area contributed by atoms with Crippen LogP contribution in [0.1, 0.15) is 64.0 Å². The first kappa shape index (κ1) is 21.1. The van der Waals surface area contributed by atoms with Crippen molar-refractivity contribution in [1.29, 1.82) is 0 Å². The summed E-state index contributed by atoms with van der Waals surface area (Å²) in [6, 6.07) is 11.5. The Labute approximate surface area is 170 Å². The molecule has 0 radical (unpaired) electrons. The Bertz CT molecular complexity index is 604. The van der Waals surface area contributed by atoms with Gasteiger partial charge >= 0.3 is 0 Å². The molecule has 28 heavy (non-hydrogen) atoms. The molecule has 0 bridgehead atoms. The molecular formula is C23H38N4O. The van der Waals surface area contributed by atoms with Crippen LogP contribution in [0.5, 0.6) is 0 Å². The first-order valence-electron chi connectivity index (χ1n) is 11.0. The fraction of sp³-hybridized carbons (Fsp3) is 0.696. The smallest absolute Gasteiger partial charge is 0.191 e. The van der Waals surface area contributed by atoms with Crippen LogP contribution in [0, 0.1) is 5.92 Å². The quantitative estimate of drug-likeness (QED) is 0.516. The Kier molecular flexibility index (Phi) is 7.74. The zero-order valence-electron chi connectivity index (χ0n) is 17.8. The fourth-order valence-corrected chi connectivity index (χ4v) is 4.46. The van der Waals surface area contributed by atoms with E-state index < -0.39 is 0 Å². The number of hydrogen-bond donors (Lipinski definition) is 3. The van der Waals surface area contributed by atoms with Gasteiger partial charge in [-0.3, -0.25) is 4.99 Å². The highest BCUT2D eigenvalue weighted by molar-refractivity contribution is 5.80. The van der Waals surface area contributed by atoms with E-state index in [4.69, 9.17) is 4.74 Å². The Hall–Kier alpha value is -1.59. The molecule has 1 saturated carbocycles. The Balaban J connectivity index is 1.58. The molecule has 0 spiro atoms. The van der Waals surface area contributed by atoms with Crippen LogP contribution in [0.15, 0.2) is 35.3 Å². The first-order valence-corrected chi connectivity index (χ1v) is 11.0. The zero-order valence-corrected chi connectivity index (χ0v) is 17.8. The summed E-state index contributed by atoms with van der Waals surface area (Å²) in [5.74, 6) is 1.79. The van der Waals surface area contributed by atoms with Gasteiger partial charge in [-0.15, -0.1) is 0 Å². The number of guanidine groups is 1. The molecule has 1 atom stereocenters. The van der Waals surface area contributed by atoms with Crippen LogP contribution in [0.4, 0.5) is 0 Å². The number of aliphatic imine (C=N–C) groups is 1. The molecule has 0 amide bonds. The minimum atomic E-state index is 0.0200. The Morgan fingerprint density at radius 2 is 1.82 bits per heavy atom. The second-order valence-corrected chi connectivity index (χ2v) is 8.70. The van der Waals surface area contributed by atoms with Gasteiger partial charge in [-0.1, -0.05) is 37.3 Å². The summed E-state index contributed by atoms with van der Waals surface area (Å²) in [7, 11) is 1.87. The summed E-state index contributed by atoms with van der Waals surface area (Å²) < 4.78 is 5.66. The van der Waals surface area contributed by atoms with Crippen LogP contribution >= 0.6 is 0 Å². The van der Waals surface area contributed by atoms with Gasteiger partial charge in [-0.25, -0.2) is 0 Å². The van der Waals surface area contributed by atoms with Crippen molar-refractivity contribution < 1.29 is 4.74 Å². The lowest BCUT2D eigenvalue weighted by Crippen LogP contribution is -2.58. The lowest BCUT2D eigenvalue weighted by Gasteiger charge is -2.41. The average molecular weight is 387 g/mol. The van der Waals surface area contributed by atoms with Crippen LogP contribution in [0.2, 0.25) is 0 Å². The topological polar surface area (TPSA) is 57.7 Å². The van der Waals surface area contributed by atoms with Gasteiger partial charge in [0.2, 0.25) is 0 Å². The van der Waals surface area contributed by atoms with Crippen LogP contribution < -0.4 is 16.0 Å². The molecule has 1 heterocycles. The van der Waals surface area contributed by atoms with Crippen molar-refractivity contribution in [2.45, 2.75) is 70.0 Å². The summed E-state index contributed by atoms with van der Waals surface area (Å²) in [6.07, 6.45) is 7.12. The van der Waals surface area contributed by atoms with Crippen molar-refractivity contribution in [1.82, 2.24) is 16.0 Å². The molecule has 3 rings (SSSR count). The maximum absolute atomic E-state index is 5.66. The van der Waals surface area contributed by atoms with Crippen molar-refractivity contribution in [2.75, 3.05) is 26.8 Å². The first-order chi connectivity index (χ1) is 13.6. The van der Waals surface area contributed by atoms with Gasteiger partial charge in [-0.2, -0.15) is 0 Å². The maximum Gasteiger partial charge on any atom is 0.191 e. The molecule has 1 aromatic rings. The lowest BCUT2D eigenvalue weighted by molar-refractivity contribution is 0.0354. The molecule has 3 N–H and O–H groups in total. The van der Waals surface area contributed by atoms with E-state index in [1.807, 2.05) is 7.05 Å². The number of benzene rings is 1. The van der Waals surface area contributed by atoms with E-state index in [1.165, 1.54) is 31.2 Å². The second-order valence-electron chi connectivity index (χ2n) is 8.70. The van der Waals surface area contributed by atoms with E-state index in [9.17, 15) is 0 Å². The standard InChI is InChI=1S/C23H38N4O/c1-18-9-11-21(12-10-18)26-22(24-3)25-17-23(13-15-28-16-14-23)27-19(2)20-7-5-4-6-8-20/h4-8,18-19,21,27H,9-17H2,1-3H3,(H2,24,25,26). The molecule has 2 aliphatic rings. The summed E-state index contributed by atoms with van der Waals surface area (Å²) in [5.41, 5.74) is 1.35. The van der Waals surface area contributed by atoms with Gasteiger partial charge in [0.15, 0.2) is 5.96 Å². The normalized spacial score (nSPS) is 26.5. The molecule has 2 fully saturated rings. The van der Waals surface area contributed by atoms with Crippen molar-refractivity contribution in [3.8, 4) is 0 Å². The van der Waals surface area contributed by atoms with E-state index >= 15 is 0 Å². The predicted octanol–water partition coefficient (Wildman–Crippen LogP) is 3.63. The van der Waals surface area contributed by atoms with E-state index in [0.29, 0.717) is 12.1 Å². The third-order valence-corrected chi connectivity index (χ3v) is 6.45. The molecule has 1 unspecified atom stereocenters. The summed E-state index contributed by atoms with van der Waals surface area (Å²) in [6.45, 7) is 7.09. The van der Waals surface area contributed by atoms with Crippen LogP contribution in [0.25, 0.3) is 0 Å². The number of rotatable bonds is 6. The number of nitrogens with one attached hydrogen (secondary N) is 3. The van der Waals surface area contributed by atoms with Crippen LogP contribution in [-0.2, 0) is 4.74 Å². The summed E-state index contributed by atoms with van der Waals surface area (Å²) >= 11 is 0. The highest BCUT2D eigenvalue weighted by Crippen LogP contribution is 2.25. The predicted molar refractivity (Wildman–Crippen MR) is 117 cm³/mol. The minimum absolute atomic E-state index is 0.0200. The van der Waals surface area contributed by atoms with Crippen molar-refractivity contribution >= 4 is 5.96 Å². The molecule has 1 aromatic carbocycles. The van der Waals surface area contributed by atoms with Crippen LogP contribution in [-0.4, -0.2) is 44.3 Å². The van der Waals surface area contributed by atoms with Crippen molar-refractivity contribution in [3.63, 3.8) is 0 Å². The molecule has 156 valence electrons. The molecule has 1 aliphatic heterocycles. The molecule has 1 saturated heterocycles. The van der Waals surface area contributed by atoms with Gasteiger partial charge < -0.3 is 20.7 Å². The summed E-state index contributed by atoms with van der Waals surface area (Å²) in [4.78, 5) is 4.49. The molecule has 0 aromatic heterocycles. The minimum Gasteiger partial charge on any atom is -0.381 e. The third kappa shape index (κ3) is 5.95. The monoisotopic (exact) mass is 386 g/mol. The van der Waals surface area contributed by atoms with Gasteiger partial charge in [-0.05, 0) is 56.9 Å².